The van der Waals surface area contributed by atoms with Crippen molar-refractivity contribution in [3.8, 4) is 0 Å². The molecule has 0 bridgehead atoms. The first-order chi connectivity index (χ1) is 8.76. The molecular formula is C14H23NO4. The van der Waals surface area contributed by atoms with E-state index in [1.54, 1.807) is 32.9 Å². The minimum Gasteiger partial charge on any atom is -0.480 e. The van der Waals surface area contributed by atoms with E-state index in [1.165, 1.54) is 0 Å². The molecule has 0 saturated carbocycles. The zero-order valence-corrected chi connectivity index (χ0v) is 11.8. The average Bonchev–Trinajstić information content (AvgIpc) is 2.24. The molecule has 108 valence electrons. The Kier molecular flexibility index (Phi) is 7.56. The number of amides is 1. The Morgan fingerprint density at radius 3 is 2.53 bits per heavy atom. The van der Waals surface area contributed by atoms with Gasteiger partial charge in [-0.25, -0.2) is 9.59 Å². The standard InChI is InChI=1S/C14H23NO4/c1-5-6-7-8-9-10-11(12(16)17)15-13(18)19-14(2,3)4/h5-7,11H,1,8-10H2,2-4H3,(H,15,18)(H,16,17)/b7-6+/t11-/m0/s1. The summed E-state index contributed by atoms with van der Waals surface area (Å²) in [4.78, 5) is 22.5. The number of carboxylic acid groups (broad SMARTS) is 1. The fraction of sp³-hybridized carbons (Fsp3) is 0.571. The first-order valence-corrected chi connectivity index (χ1v) is 6.26. The van der Waals surface area contributed by atoms with E-state index < -0.39 is 23.7 Å². The third kappa shape index (κ3) is 9.88. The molecule has 0 aliphatic rings. The second-order valence-electron chi connectivity index (χ2n) is 5.13. The summed E-state index contributed by atoms with van der Waals surface area (Å²) in [6, 6.07) is -0.924. The third-order valence-corrected chi connectivity index (χ3v) is 2.12. The van der Waals surface area contributed by atoms with Crippen molar-refractivity contribution in [3.63, 3.8) is 0 Å². The second-order valence-corrected chi connectivity index (χ2v) is 5.13. The van der Waals surface area contributed by atoms with Gasteiger partial charge in [0.15, 0.2) is 0 Å². The molecule has 2 N–H and O–H groups in total. The first-order valence-electron chi connectivity index (χ1n) is 6.26. The molecule has 0 aromatic rings. The molecule has 0 radical (unpaired) electrons. The van der Waals surface area contributed by atoms with Gasteiger partial charge in [0.2, 0.25) is 0 Å². The Morgan fingerprint density at radius 2 is 2.05 bits per heavy atom. The van der Waals surface area contributed by atoms with Gasteiger partial charge in [-0.15, -0.1) is 0 Å². The summed E-state index contributed by atoms with van der Waals surface area (Å²) < 4.78 is 5.02. The normalized spacial score (nSPS) is 13.0. The number of nitrogens with one attached hydrogen (secondary N) is 1. The highest BCUT2D eigenvalue weighted by Gasteiger charge is 2.23. The molecule has 0 aliphatic heterocycles. The predicted octanol–water partition coefficient (Wildman–Crippen LogP) is 2.88. The maximum Gasteiger partial charge on any atom is 0.408 e. The van der Waals surface area contributed by atoms with Gasteiger partial charge in [0.1, 0.15) is 11.6 Å². The van der Waals surface area contributed by atoms with Crippen molar-refractivity contribution in [1.29, 1.82) is 0 Å². The Labute approximate surface area is 114 Å². The molecule has 0 heterocycles. The first kappa shape index (κ1) is 17.2. The fourth-order valence-electron chi connectivity index (χ4n) is 1.34. The van der Waals surface area contributed by atoms with Gasteiger partial charge in [-0.3, -0.25) is 0 Å². The molecule has 19 heavy (non-hydrogen) atoms. The van der Waals surface area contributed by atoms with Crippen LogP contribution >= 0.6 is 0 Å². The molecule has 0 aromatic carbocycles. The van der Waals surface area contributed by atoms with E-state index >= 15 is 0 Å². The van der Waals surface area contributed by atoms with Gasteiger partial charge >= 0.3 is 12.1 Å². The number of rotatable bonds is 7. The maximum atomic E-state index is 11.5. The Morgan fingerprint density at radius 1 is 1.42 bits per heavy atom. The molecule has 0 unspecified atom stereocenters. The van der Waals surface area contributed by atoms with Crippen molar-refractivity contribution in [2.75, 3.05) is 0 Å². The summed E-state index contributed by atoms with van der Waals surface area (Å²) in [6.07, 6.45) is 6.42. The molecular weight excluding hydrogens is 246 g/mol. The van der Waals surface area contributed by atoms with Crippen LogP contribution in [0.25, 0.3) is 0 Å². The molecule has 5 heteroatoms. The van der Waals surface area contributed by atoms with Crippen LogP contribution in [0.3, 0.4) is 0 Å². The number of carbonyl (C=O) groups is 2. The summed E-state index contributed by atoms with van der Waals surface area (Å²) in [5.41, 5.74) is -0.639. The monoisotopic (exact) mass is 269 g/mol. The van der Waals surface area contributed by atoms with Crippen molar-refractivity contribution in [2.45, 2.75) is 51.7 Å². The number of ether oxygens (including phenoxy) is 1. The molecule has 0 spiro atoms. The second kappa shape index (κ2) is 8.34. The number of carbonyl (C=O) groups excluding carboxylic acids is 1. The van der Waals surface area contributed by atoms with E-state index in [0.717, 1.165) is 6.42 Å². The van der Waals surface area contributed by atoms with Crippen LogP contribution in [0.4, 0.5) is 4.79 Å². The highest BCUT2D eigenvalue weighted by atomic mass is 16.6. The van der Waals surface area contributed by atoms with Crippen molar-refractivity contribution in [1.82, 2.24) is 5.32 Å². The highest BCUT2D eigenvalue weighted by molar-refractivity contribution is 5.79. The molecule has 0 aromatic heterocycles. The molecule has 5 nitrogen and oxygen atoms in total. The Balaban J connectivity index is 4.19. The lowest BCUT2D eigenvalue weighted by Crippen LogP contribution is -2.43. The van der Waals surface area contributed by atoms with Crippen molar-refractivity contribution in [2.24, 2.45) is 0 Å². The van der Waals surface area contributed by atoms with Crippen molar-refractivity contribution < 1.29 is 19.4 Å². The van der Waals surface area contributed by atoms with Crippen LogP contribution in [0.15, 0.2) is 24.8 Å². The van der Waals surface area contributed by atoms with Gasteiger partial charge in [0.25, 0.3) is 0 Å². The Bertz CT molecular complexity index is 342. The zero-order chi connectivity index (χ0) is 14.9. The Hall–Kier alpha value is -1.78. The van der Waals surface area contributed by atoms with Crippen LogP contribution in [-0.4, -0.2) is 28.8 Å². The number of hydrogen-bond donors (Lipinski definition) is 2. The smallest absolute Gasteiger partial charge is 0.408 e. The summed E-state index contributed by atoms with van der Waals surface area (Å²) >= 11 is 0. The highest BCUT2D eigenvalue weighted by Crippen LogP contribution is 2.08. The fourth-order valence-corrected chi connectivity index (χ4v) is 1.34. The lowest BCUT2D eigenvalue weighted by molar-refractivity contribution is -0.139. The topological polar surface area (TPSA) is 75.6 Å². The van der Waals surface area contributed by atoms with E-state index in [1.807, 2.05) is 6.08 Å². The molecule has 1 amide bonds. The van der Waals surface area contributed by atoms with Crippen LogP contribution in [0, 0.1) is 0 Å². The summed E-state index contributed by atoms with van der Waals surface area (Å²) in [5, 5.41) is 11.4. The SMILES string of the molecule is C=C/C=C/CCC[C@H](NC(=O)OC(C)(C)C)C(=O)O. The van der Waals surface area contributed by atoms with E-state index in [2.05, 4.69) is 11.9 Å². The number of aliphatic carboxylic acids is 1. The van der Waals surface area contributed by atoms with Crippen molar-refractivity contribution in [3.05, 3.63) is 24.8 Å². The number of carboxylic acids is 1. The van der Waals surface area contributed by atoms with Gasteiger partial charge in [0, 0.05) is 0 Å². The number of alkyl carbamates (subject to hydrolysis) is 1. The minimum atomic E-state index is -1.06. The van der Waals surface area contributed by atoms with Crippen molar-refractivity contribution >= 4 is 12.1 Å². The molecule has 0 aliphatic carbocycles. The lowest BCUT2D eigenvalue weighted by Gasteiger charge is -2.21. The van der Waals surface area contributed by atoms with E-state index in [-0.39, 0.29) is 0 Å². The van der Waals surface area contributed by atoms with Gasteiger partial charge in [-0.05, 0) is 40.0 Å². The van der Waals surface area contributed by atoms with Crippen LogP contribution in [0.1, 0.15) is 40.0 Å². The average molecular weight is 269 g/mol. The number of hydrogen-bond acceptors (Lipinski definition) is 3. The molecule has 0 rings (SSSR count). The molecule has 0 saturated heterocycles. The van der Waals surface area contributed by atoms with Crippen LogP contribution in [0.5, 0.6) is 0 Å². The van der Waals surface area contributed by atoms with E-state index in [0.29, 0.717) is 12.8 Å². The number of unbranched alkanes of at least 4 members (excludes halogenated alkanes) is 1. The minimum absolute atomic E-state index is 0.357. The quantitative estimate of drug-likeness (QED) is 0.550. The predicted molar refractivity (Wildman–Crippen MR) is 74.0 cm³/mol. The van der Waals surface area contributed by atoms with Crippen LogP contribution in [0.2, 0.25) is 0 Å². The van der Waals surface area contributed by atoms with Gasteiger partial charge in [-0.2, -0.15) is 0 Å². The molecule has 1 atom stereocenters. The lowest BCUT2D eigenvalue weighted by atomic mass is 10.1. The summed E-state index contributed by atoms with van der Waals surface area (Å²) in [7, 11) is 0. The van der Waals surface area contributed by atoms with Crippen LogP contribution in [-0.2, 0) is 9.53 Å². The van der Waals surface area contributed by atoms with E-state index in [4.69, 9.17) is 9.84 Å². The number of allylic oxidation sites excluding steroid dienone is 3. The van der Waals surface area contributed by atoms with Gasteiger partial charge in [0.05, 0.1) is 0 Å². The summed E-state index contributed by atoms with van der Waals surface area (Å²) in [5.74, 6) is -1.06. The maximum absolute atomic E-state index is 11.5. The zero-order valence-electron chi connectivity index (χ0n) is 11.8. The van der Waals surface area contributed by atoms with Crippen LogP contribution < -0.4 is 5.32 Å². The van der Waals surface area contributed by atoms with E-state index in [9.17, 15) is 9.59 Å². The largest absolute Gasteiger partial charge is 0.480 e. The van der Waals surface area contributed by atoms with Gasteiger partial charge in [-0.1, -0.05) is 24.8 Å². The van der Waals surface area contributed by atoms with Gasteiger partial charge < -0.3 is 15.2 Å². The molecule has 0 fully saturated rings. The summed E-state index contributed by atoms with van der Waals surface area (Å²) in [6.45, 7) is 8.71. The third-order valence-electron chi connectivity index (χ3n) is 2.12.